The molecule has 1 unspecified atom stereocenters. The Balaban J connectivity index is 1.63. The number of likely N-dealkylation sites (tertiary alicyclic amines) is 1. The lowest BCUT2D eigenvalue weighted by Gasteiger charge is -2.50. The van der Waals surface area contributed by atoms with Crippen LogP contribution < -0.4 is 10.1 Å². The predicted molar refractivity (Wildman–Crippen MR) is 73.1 cm³/mol. The molecule has 1 N–H and O–H groups in total. The number of rotatable bonds is 3. The summed E-state index contributed by atoms with van der Waals surface area (Å²) in [6, 6.07) is 7.71. The predicted octanol–water partition coefficient (Wildman–Crippen LogP) is 0.934. The molecular formula is C15H18N2O3. The Morgan fingerprint density at radius 1 is 1.30 bits per heavy atom. The van der Waals surface area contributed by atoms with Gasteiger partial charge in [0, 0.05) is 26.1 Å². The summed E-state index contributed by atoms with van der Waals surface area (Å²) in [6.07, 6.45) is 1.10. The van der Waals surface area contributed by atoms with Gasteiger partial charge < -0.3 is 15.0 Å². The highest BCUT2D eigenvalue weighted by Gasteiger charge is 2.53. The molecule has 2 amide bonds. The molecule has 2 aliphatic rings. The number of carbonyl (C=O) groups excluding carboxylic acids is 2. The number of hydrogen-bond acceptors (Lipinski definition) is 3. The molecule has 1 spiro atoms. The third-order valence-electron chi connectivity index (χ3n) is 4.19. The summed E-state index contributed by atoms with van der Waals surface area (Å²) < 4.78 is 5.11. The van der Waals surface area contributed by atoms with Gasteiger partial charge in [-0.1, -0.05) is 12.1 Å². The second kappa shape index (κ2) is 4.81. The first-order valence-electron chi connectivity index (χ1n) is 6.82. The Hall–Kier alpha value is -2.04. The topological polar surface area (TPSA) is 58.6 Å². The van der Waals surface area contributed by atoms with E-state index in [1.807, 2.05) is 29.2 Å². The number of benzene rings is 1. The van der Waals surface area contributed by atoms with Crippen LogP contribution in [0.2, 0.25) is 0 Å². The van der Waals surface area contributed by atoms with Crippen molar-refractivity contribution in [1.82, 2.24) is 10.2 Å². The van der Waals surface area contributed by atoms with E-state index in [9.17, 15) is 9.59 Å². The van der Waals surface area contributed by atoms with Crippen molar-refractivity contribution in [3.05, 3.63) is 29.8 Å². The molecular weight excluding hydrogens is 256 g/mol. The fourth-order valence-electron chi connectivity index (χ4n) is 3.04. The second-order valence-electron chi connectivity index (χ2n) is 5.57. The molecule has 1 aromatic rings. The maximum absolute atomic E-state index is 12.3. The van der Waals surface area contributed by atoms with E-state index in [0.29, 0.717) is 26.1 Å². The largest absolute Gasteiger partial charge is 0.497 e. The van der Waals surface area contributed by atoms with Crippen LogP contribution in [0, 0.1) is 5.41 Å². The van der Waals surface area contributed by atoms with Gasteiger partial charge in [0.2, 0.25) is 11.8 Å². The number of nitrogens with zero attached hydrogens (tertiary/aromatic N) is 1. The number of nitrogens with one attached hydrogen (secondary N) is 1. The van der Waals surface area contributed by atoms with Crippen molar-refractivity contribution in [3.8, 4) is 5.75 Å². The maximum atomic E-state index is 12.3. The highest BCUT2D eigenvalue weighted by molar-refractivity contribution is 5.94. The van der Waals surface area contributed by atoms with Gasteiger partial charge in [0.1, 0.15) is 5.75 Å². The van der Waals surface area contributed by atoms with E-state index in [0.717, 1.165) is 17.7 Å². The van der Waals surface area contributed by atoms with Crippen LogP contribution in [0.15, 0.2) is 24.3 Å². The molecule has 1 atom stereocenters. The van der Waals surface area contributed by atoms with Crippen molar-refractivity contribution in [2.75, 3.05) is 20.2 Å². The average molecular weight is 274 g/mol. The van der Waals surface area contributed by atoms with E-state index in [2.05, 4.69) is 5.32 Å². The Labute approximate surface area is 117 Å². The van der Waals surface area contributed by atoms with Crippen LogP contribution >= 0.6 is 0 Å². The number of hydrogen-bond donors (Lipinski definition) is 1. The van der Waals surface area contributed by atoms with E-state index in [1.54, 1.807) is 7.11 Å². The van der Waals surface area contributed by atoms with Gasteiger partial charge in [0.05, 0.1) is 12.5 Å². The zero-order valence-electron chi connectivity index (χ0n) is 11.5. The molecule has 0 radical (unpaired) electrons. The van der Waals surface area contributed by atoms with Gasteiger partial charge >= 0.3 is 0 Å². The van der Waals surface area contributed by atoms with Crippen LogP contribution in [0.4, 0.5) is 0 Å². The minimum Gasteiger partial charge on any atom is -0.497 e. The molecule has 2 saturated heterocycles. The molecule has 0 aromatic heterocycles. The van der Waals surface area contributed by atoms with Crippen LogP contribution in [-0.4, -0.2) is 36.9 Å². The zero-order chi connectivity index (χ0) is 14.2. The molecule has 20 heavy (non-hydrogen) atoms. The number of amides is 2. The Bertz CT molecular complexity index is 541. The van der Waals surface area contributed by atoms with Gasteiger partial charge in [0.15, 0.2) is 0 Å². The van der Waals surface area contributed by atoms with E-state index in [1.165, 1.54) is 0 Å². The van der Waals surface area contributed by atoms with Crippen LogP contribution in [0.25, 0.3) is 0 Å². The number of methoxy groups -OCH3 is 1. The van der Waals surface area contributed by atoms with Crippen molar-refractivity contribution in [2.24, 2.45) is 5.41 Å². The van der Waals surface area contributed by atoms with Gasteiger partial charge in [-0.2, -0.15) is 0 Å². The molecule has 5 heteroatoms. The minimum atomic E-state index is -0.422. The molecule has 0 aliphatic carbocycles. The number of β-lactam (4-membered cyclic amide) rings is 1. The van der Waals surface area contributed by atoms with Crippen LogP contribution in [0.3, 0.4) is 0 Å². The smallest absolute Gasteiger partial charge is 0.231 e. The van der Waals surface area contributed by atoms with E-state index >= 15 is 0 Å². The summed E-state index contributed by atoms with van der Waals surface area (Å²) in [7, 11) is 1.63. The van der Waals surface area contributed by atoms with Gasteiger partial charge in [-0.15, -0.1) is 0 Å². The minimum absolute atomic E-state index is 0.00584. The zero-order valence-corrected chi connectivity index (χ0v) is 11.5. The SMILES string of the molecule is COc1ccc(CN2CC3(CCNC(=O)C3)C2=O)cc1. The number of ether oxygens (including phenoxy) is 1. The molecule has 0 saturated carbocycles. The van der Waals surface area contributed by atoms with Crippen molar-refractivity contribution < 1.29 is 14.3 Å². The Morgan fingerprint density at radius 3 is 2.65 bits per heavy atom. The van der Waals surface area contributed by atoms with Crippen molar-refractivity contribution >= 4 is 11.8 Å². The first-order valence-corrected chi connectivity index (χ1v) is 6.82. The quantitative estimate of drug-likeness (QED) is 0.834. The lowest BCUT2D eigenvalue weighted by atomic mass is 9.71. The average Bonchev–Trinajstić information content (AvgIpc) is 2.47. The molecule has 2 heterocycles. The van der Waals surface area contributed by atoms with Gasteiger partial charge in [-0.05, 0) is 24.1 Å². The Morgan fingerprint density at radius 2 is 2.05 bits per heavy atom. The first kappa shape index (κ1) is 13.0. The van der Waals surface area contributed by atoms with E-state index in [4.69, 9.17) is 4.74 Å². The number of carbonyl (C=O) groups is 2. The molecule has 0 bridgehead atoms. The van der Waals surface area contributed by atoms with Crippen LogP contribution in [0.1, 0.15) is 18.4 Å². The highest BCUT2D eigenvalue weighted by atomic mass is 16.5. The molecule has 3 rings (SSSR count). The normalized spacial score (nSPS) is 25.4. The lowest BCUT2D eigenvalue weighted by molar-refractivity contribution is -0.167. The standard InChI is InChI=1S/C15H18N2O3/c1-20-12-4-2-11(3-5-12)9-17-10-15(14(17)19)6-7-16-13(18)8-15/h2-5H,6-10H2,1H3,(H,16,18). The second-order valence-corrected chi connectivity index (χ2v) is 5.57. The molecule has 106 valence electrons. The summed E-state index contributed by atoms with van der Waals surface area (Å²) in [6.45, 7) is 1.90. The van der Waals surface area contributed by atoms with Gasteiger partial charge in [0.25, 0.3) is 0 Å². The van der Waals surface area contributed by atoms with Gasteiger partial charge in [-0.3, -0.25) is 9.59 Å². The third-order valence-corrected chi connectivity index (χ3v) is 4.19. The summed E-state index contributed by atoms with van der Waals surface area (Å²) in [4.78, 5) is 25.6. The third kappa shape index (κ3) is 2.13. The Kier molecular flexibility index (Phi) is 3.12. The van der Waals surface area contributed by atoms with Crippen LogP contribution in [0.5, 0.6) is 5.75 Å². The summed E-state index contributed by atoms with van der Waals surface area (Å²) >= 11 is 0. The molecule has 2 fully saturated rings. The first-order chi connectivity index (χ1) is 9.63. The van der Waals surface area contributed by atoms with Crippen LogP contribution in [-0.2, 0) is 16.1 Å². The van der Waals surface area contributed by atoms with Crippen molar-refractivity contribution in [2.45, 2.75) is 19.4 Å². The lowest BCUT2D eigenvalue weighted by Crippen LogP contribution is -2.64. The van der Waals surface area contributed by atoms with E-state index in [-0.39, 0.29) is 11.8 Å². The monoisotopic (exact) mass is 274 g/mol. The highest BCUT2D eigenvalue weighted by Crippen LogP contribution is 2.41. The summed E-state index contributed by atoms with van der Waals surface area (Å²) in [5, 5.41) is 2.78. The molecule has 5 nitrogen and oxygen atoms in total. The summed E-state index contributed by atoms with van der Waals surface area (Å²) in [5.74, 6) is 0.918. The fourth-order valence-corrected chi connectivity index (χ4v) is 3.04. The number of piperidine rings is 1. The van der Waals surface area contributed by atoms with Crippen molar-refractivity contribution in [1.29, 1.82) is 0 Å². The van der Waals surface area contributed by atoms with Crippen molar-refractivity contribution in [3.63, 3.8) is 0 Å². The molecule has 1 aromatic carbocycles. The fraction of sp³-hybridized carbons (Fsp3) is 0.467. The molecule has 2 aliphatic heterocycles. The van der Waals surface area contributed by atoms with Gasteiger partial charge in [-0.25, -0.2) is 0 Å². The van der Waals surface area contributed by atoms with E-state index < -0.39 is 5.41 Å². The maximum Gasteiger partial charge on any atom is 0.231 e. The summed E-state index contributed by atoms with van der Waals surface area (Å²) in [5.41, 5.74) is 0.656.